The van der Waals surface area contributed by atoms with Crippen molar-refractivity contribution in [3.63, 3.8) is 0 Å². The number of hydrogen-bond donors (Lipinski definition) is 0. The molecule has 0 aromatic heterocycles. The number of nitrogens with zero attached hydrogens (tertiary/aromatic N) is 1. The van der Waals surface area contributed by atoms with Crippen molar-refractivity contribution in [1.29, 1.82) is 0 Å². The van der Waals surface area contributed by atoms with Crippen molar-refractivity contribution in [2.75, 3.05) is 0 Å². The Morgan fingerprint density at radius 2 is 1.85 bits per heavy atom. The maximum atomic E-state index is 12.6. The fourth-order valence-electron chi connectivity index (χ4n) is 2.11. The molecular formula is C14H17NO4S. The predicted octanol–water partition coefficient (Wildman–Crippen LogP) is 2.47. The number of rotatable bonds is 3. The van der Waals surface area contributed by atoms with Crippen molar-refractivity contribution < 1.29 is 17.9 Å². The summed E-state index contributed by atoms with van der Waals surface area (Å²) in [5, 5.41) is 0. The van der Waals surface area contributed by atoms with E-state index < -0.39 is 28.3 Å². The molecule has 6 heteroatoms. The van der Waals surface area contributed by atoms with E-state index >= 15 is 0 Å². The van der Waals surface area contributed by atoms with E-state index in [9.17, 15) is 13.2 Å². The zero-order valence-electron chi connectivity index (χ0n) is 11.6. The van der Waals surface area contributed by atoms with Crippen molar-refractivity contribution >= 4 is 16.1 Å². The largest absolute Gasteiger partial charge is 0.443 e. The van der Waals surface area contributed by atoms with Crippen molar-refractivity contribution in [2.24, 2.45) is 0 Å². The first-order valence-corrected chi connectivity index (χ1v) is 7.76. The molecule has 2 atom stereocenters. The van der Waals surface area contributed by atoms with Gasteiger partial charge in [0.2, 0.25) is 0 Å². The van der Waals surface area contributed by atoms with Crippen LogP contribution >= 0.6 is 0 Å². The summed E-state index contributed by atoms with van der Waals surface area (Å²) in [7, 11) is -3.90. The van der Waals surface area contributed by atoms with Gasteiger partial charge >= 0.3 is 6.09 Å². The van der Waals surface area contributed by atoms with Crippen molar-refractivity contribution in [1.82, 2.24) is 4.31 Å². The third-order valence-electron chi connectivity index (χ3n) is 3.19. The van der Waals surface area contributed by atoms with E-state index in [2.05, 4.69) is 0 Å². The van der Waals surface area contributed by atoms with Crippen LogP contribution in [0.5, 0.6) is 0 Å². The van der Waals surface area contributed by atoms with E-state index in [1.54, 1.807) is 38.1 Å². The topological polar surface area (TPSA) is 63.7 Å². The summed E-state index contributed by atoms with van der Waals surface area (Å²) < 4.78 is 31.0. The summed E-state index contributed by atoms with van der Waals surface area (Å²) >= 11 is 0. The summed E-state index contributed by atoms with van der Waals surface area (Å²) in [6, 6.07) is 5.77. The van der Waals surface area contributed by atoms with Gasteiger partial charge in [-0.3, -0.25) is 0 Å². The molecule has 1 aliphatic rings. The lowest BCUT2D eigenvalue weighted by Crippen LogP contribution is -2.39. The molecule has 1 aromatic carbocycles. The van der Waals surface area contributed by atoms with Gasteiger partial charge in [0.25, 0.3) is 10.0 Å². The first kappa shape index (κ1) is 14.6. The lowest BCUT2D eigenvalue weighted by molar-refractivity contribution is 0.142. The first-order valence-electron chi connectivity index (χ1n) is 6.32. The van der Waals surface area contributed by atoms with E-state index in [0.717, 1.165) is 9.87 Å². The number of carbonyl (C=O) groups is 1. The van der Waals surface area contributed by atoms with Crippen molar-refractivity contribution in [2.45, 2.75) is 37.8 Å². The Hall–Kier alpha value is -1.82. The van der Waals surface area contributed by atoms with E-state index in [1.165, 1.54) is 12.1 Å². The van der Waals surface area contributed by atoms with Gasteiger partial charge in [0.1, 0.15) is 12.1 Å². The molecule has 1 aromatic rings. The van der Waals surface area contributed by atoms with Crippen LogP contribution in [-0.2, 0) is 14.8 Å². The molecule has 20 heavy (non-hydrogen) atoms. The van der Waals surface area contributed by atoms with Crippen LogP contribution in [0.3, 0.4) is 0 Å². The molecule has 0 spiro atoms. The summed E-state index contributed by atoms with van der Waals surface area (Å²) in [5.74, 6) is 0. The molecule has 1 saturated heterocycles. The van der Waals surface area contributed by atoms with Gasteiger partial charge in [0.15, 0.2) is 0 Å². The fraction of sp³-hybridized carbons (Fsp3) is 0.357. The molecule has 1 aliphatic heterocycles. The third-order valence-corrected chi connectivity index (χ3v) is 4.96. The Labute approximate surface area is 118 Å². The maximum Gasteiger partial charge on any atom is 0.424 e. The Bertz CT molecular complexity index is 634. The quantitative estimate of drug-likeness (QED) is 0.804. The molecule has 1 amide bonds. The van der Waals surface area contributed by atoms with Gasteiger partial charge in [-0.25, -0.2) is 13.2 Å². The van der Waals surface area contributed by atoms with Crippen LogP contribution < -0.4 is 0 Å². The number of hydrogen-bond acceptors (Lipinski definition) is 4. The number of carbonyl (C=O) groups excluding carboxylic acids is 1. The minimum atomic E-state index is -3.90. The van der Waals surface area contributed by atoms with E-state index in [0.29, 0.717) is 0 Å². The fourth-order valence-corrected chi connectivity index (χ4v) is 3.62. The second-order valence-corrected chi connectivity index (χ2v) is 6.53. The molecular weight excluding hydrogens is 278 g/mol. The molecule has 5 nitrogen and oxygen atoms in total. The minimum Gasteiger partial charge on any atom is -0.443 e. The summed E-state index contributed by atoms with van der Waals surface area (Å²) in [4.78, 5) is 11.9. The number of amides is 1. The molecule has 0 unspecified atom stereocenters. The molecule has 1 heterocycles. The predicted molar refractivity (Wildman–Crippen MR) is 74.7 cm³/mol. The number of ether oxygens (including phenoxy) is 1. The van der Waals surface area contributed by atoms with Gasteiger partial charge in [0.05, 0.1) is 4.90 Å². The Kier molecular flexibility index (Phi) is 3.85. The van der Waals surface area contributed by atoms with E-state index in [-0.39, 0.29) is 4.90 Å². The van der Waals surface area contributed by atoms with Gasteiger partial charge in [-0.15, -0.1) is 0 Å². The number of cyclic esters (lactones) is 1. The molecule has 0 radical (unpaired) electrons. The Balaban J connectivity index is 2.46. The van der Waals surface area contributed by atoms with Crippen molar-refractivity contribution in [3.8, 4) is 0 Å². The van der Waals surface area contributed by atoms with Crippen LogP contribution in [0.1, 0.15) is 19.4 Å². The Morgan fingerprint density at radius 1 is 1.25 bits per heavy atom. The van der Waals surface area contributed by atoms with Crippen LogP contribution in [0, 0.1) is 6.92 Å². The second kappa shape index (κ2) is 5.28. The molecule has 108 valence electrons. The summed E-state index contributed by atoms with van der Waals surface area (Å²) in [6.07, 6.45) is 2.03. The molecule has 0 N–H and O–H groups in total. The van der Waals surface area contributed by atoms with Crippen LogP contribution in [0.4, 0.5) is 4.79 Å². The first-order chi connectivity index (χ1) is 9.37. The molecule has 2 rings (SSSR count). The second-order valence-electron chi connectivity index (χ2n) is 4.72. The zero-order chi connectivity index (χ0) is 14.9. The van der Waals surface area contributed by atoms with Crippen LogP contribution in [-0.4, -0.2) is 31.0 Å². The van der Waals surface area contributed by atoms with E-state index in [1.807, 2.05) is 6.92 Å². The SMILES string of the molecule is C/C=C/[C@@H]1[C@@H](C)OC(=O)N1S(=O)(=O)c1ccc(C)cc1. The van der Waals surface area contributed by atoms with Crippen LogP contribution in [0.2, 0.25) is 0 Å². The third kappa shape index (κ3) is 2.43. The number of sulfonamides is 1. The smallest absolute Gasteiger partial charge is 0.424 e. The van der Waals surface area contributed by atoms with Gasteiger partial charge in [-0.1, -0.05) is 29.8 Å². The highest BCUT2D eigenvalue weighted by atomic mass is 32.2. The average Bonchev–Trinajstić information content (AvgIpc) is 2.66. The molecule has 0 bridgehead atoms. The van der Waals surface area contributed by atoms with Crippen LogP contribution in [0.25, 0.3) is 0 Å². The maximum absolute atomic E-state index is 12.6. The minimum absolute atomic E-state index is 0.0867. The standard InChI is InChI=1S/C14H17NO4S/c1-4-5-13-11(3)19-14(16)15(13)20(17,18)12-8-6-10(2)7-9-12/h4-9,11,13H,1-3H3/b5-4+/t11-,13-/m1/s1. The highest BCUT2D eigenvalue weighted by Crippen LogP contribution is 2.28. The highest BCUT2D eigenvalue weighted by molar-refractivity contribution is 7.89. The van der Waals surface area contributed by atoms with Gasteiger partial charge in [-0.2, -0.15) is 4.31 Å². The number of benzene rings is 1. The van der Waals surface area contributed by atoms with Crippen LogP contribution in [0.15, 0.2) is 41.3 Å². The number of allylic oxidation sites excluding steroid dienone is 1. The highest BCUT2D eigenvalue weighted by Gasteiger charge is 2.45. The Morgan fingerprint density at radius 3 is 2.40 bits per heavy atom. The van der Waals surface area contributed by atoms with E-state index in [4.69, 9.17) is 4.74 Å². The van der Waals surface area contributed by atoms with Gasteiger partial charge in [0, 0.05) is 0 Å². The molecule has 0 saturated carbocycles. The monoisotopic (exact) mass is 295 g/mol. The number of aryl methyl sites for hydroxylation is 1. The normalized spacial score (nSPS) is 23.4. The molecule has 1 fully saturated rings. The molecule has 0 aliphatic carbocycles. The zero-order valence-corrected chi connectivity index (χ0v) is 12.4. The lowest BCUT2D eigenvalue weighted by atomic mass is 10.2. The lowest BCUT2D eigenvalue weighted by Gasteiger charge is -2.20. The average molecular weight is 295 g/mol. The summed E-state index contributed by atoms with van der Waals surface area (Å²) in [6.45, 7) is 5.31. The van der Waals surface area contributed by atoms with Gasteiger partial charge < -0.3 is 4.74 Å². The van der Waals surface area contributed by atoms with Gasteiger partial charge in [-0.05, 0) is 32.9 Å². The van der Waals surface area contributed by atoms with Crippen molar-refractivity contribution in [3.05, 3.63) is 42.0 Å². The summed E-state index contributed by atoms with van der Waals surface area (Å²) in [5.41, 5.74) is 0.950.